The van der Waals surface area contributed by atoms with Crippen molar-refractivity contribution in [3.63, 3.8) is 0 Å². The second-order valence-electron chi connectivity index (χ2n) is 6.47. The summed E-state index contributed by atoms with van der Waals surface area (Å²) < 4.78 is 2.00. The van der Waals surface area contributed by atoms with Crippen molar-refractivity contribution in [3.05, 3.63) is 17.5 Å². The minimum absolute atomic E-state index is 0.597. The maximum absolute atomic E-state index is 9.87. The zero-order valence-corrected chi connectivity index (χ0v) is 13.3. The van der Waals surface area contributed by atoms with Gasteiger partial charge in [-0.05, 0) is 26.3 Å². The Morgan fingerprint density at radius 2 is 1.80 bits per heavy atom. The number of aromatic nitrogens is 2. The summed E-state index contributed by atoms with van der Waals surface area (Å²) in [5.41, 5.74) is 1.86. The van der Waals surface area contributed by atoms with Crippen molar-refractivity contribution in [1.82, 2.24) is 19.6 Å². The minimum atomic E-state index is -0.597. The van der Waals surface area contributed by atoms with Gasteiger partial charge in [-0.1, -0.05) is 6.92 Å². The van der Waals surface area contributed by atoms with Crippen LogP contribution >= 0.6 is 0 Å². The Balaban J connectivity index is 1.83. The van der Waals surface area contributed by atoms with E-state index in [9.17, 15) is 5.11 Å². The molecule has 5 heteroatoms. The van der Waals surface area contributed by atoms with Crippen LogP contribution in [0.25, 0.3) is 0 Å². The fraction of sp³-hybridized carbons (Fsp3) is 0.800. The Labute approximate surface area is 122 Å². The first-order valence-corrected chi connectivity index (χ1v) is 7.56. The van der Waals surface area contributed by atoms with Crippen LogP contribution in [0.1, 0.15) is 32.2 Å². The lowest BCUT2D eigenvalue weighted by atomic mass is 10.1. The van der Waals surface area contributed by atoms with Crippen LogP contribution in [0.5, 0.6) is 0 Å². The highest BCUT2D eigenvalue weighted by molar-refractivity contribution is 5.10. The molecule has 0 atom stereocenters. The van der Waals surface area contributed by atoms with E-state index in [0.717, 1.165) is 45.7 Å². The second-order valence-corrected chi connectivity index (χ2v) is 6.47. The Hall–Kier alpha value is -0.910. The molecule has 0 amide bonds. The van der Waals surface area contributed by atoms with Gasteiger partial charge in [0.1, 0.15) is 0 Å². The van der Waals surface area contributed by atoms with Crippen LogP contribution in [0.15, 0.2) is 6.07 Å². The number of rotatable bonds is 5. The largest absolute Gasteiger partial charge is 0.389 e. The van der Waals surface area contributed by atoms with Crippen LogP contribution in [0.3, 0.4) is 0 Å². The number of β-amino-alcohol motifs (C(OH)–C–C–N with tert-alkyl or cyclic N) is 1. The van der Waals surface area contributed by atoms with E-state index >= 15 is 0 Å². The lowest BCUT2D eigenvalue weighted by Crippen LogP contribution is -2.50. The Kier molecular flexibility index (Phi) is 4.83. The summed E-state index contributed by atoms with van der Waals surface area (Å²) in [6, 6.07) is 2.21. The summed E-state index contributed by atoms with van der Waals surface area (Å²) in [7, 11) is 2.03. The van der Waals surface area contributed by atoms with Crippen molar-refractivity contribution in [2.24, 2.45) is 7.05 Å². The Bertz CT molecular complexity index is 428. The highest BCUT2D eigenvalue weighted by atomic mass is 16.3. The van der Waals surface area contributed by atoms with Crippen molar-refractivity contribution in [1.29, 1.82) is 0 Å². The van der Waals surface area contributed by atoms with Crippen LogP contribution in [0, 0.1) is 0 Å². The van der Waals surface area contributed by atoms with E-state index in [-0.39, 0.29) is 0 Å². The summed E-state index contributed by atoms with van der Waals surface area (Å²) in [6.07, 6.45) is 0.993. The van der Waals surface area contributed by atoms with Gasteiger partial charge in [0.25, 0.3) is 0 Å². The highest BCUT2D eigenvalue weighted by Crippen LogP contribution is 2.12. The third-order valence-electron chi connectivity index (χ3n) is 3.85. The average Bonchev–Trinajstić information content (AvgIpc) is 2.71. The Morgan fingerprint density at radius 1 is 1.20 bits per heavy atom. The van der Waals surface area contributed by atoms with E-state index in [1.807, 2.05) is 25.6 Å². The van der Waals surface area contributed by atoms with Crippen LogP contribution < -0.4 is 0 Å². The molecule has 0 unspecified atom stereocenters. The third-order valence-corrected chi connectivity index (χ3v) is 3.85. The molecular formula is C15H28N4O. The van der Waals surface area contributed by atoms with E-state index in [4.69, 9.17) is 0 Å². The first-order valence-electron chi connectivity index (χ1n) is 7.56. The topological polar surface area (TPSA) is 44.5 Å². The standard InChI is InChI=1S/C15H28N4O/c1-5-13-10-14(17(4)16-13)11-18-6-8-19(9-7-18)12-15(2,3)20/h10,20H,5-9,11-12H2,1-4H3. The zero-order valence-electron chi connectivity index (χ0n) is 13.3. The molecule has 5 nitrogen and oxygen atoms in total. The number of aliphatic hydroxyl groups is 1. The van der Waals surface area contributed by atoms with Gasteiger partial charge in [-0.15, -0.1) is 0 Å². The molecule has 20 heavy (non-hydrogen) atoms. The quantitative estimate of drug-likeness (QED) is 0.869. The molecule has 114 valence electrons. The highest BCUT2D eigenvalue weighted by Gasteiger charge is 2.23. The van der Waals surface area contributed by atoms with Gasteiger partial charge in [-0.2, -0.15) is 5.10 Å². The molecule has 2 rings (SSSR count). The molecule has 1 aliphatic rings. The summed E-state index contributed by atoms with van der Waals surface area (Å²) in [5, 5.41) is 14.4. The van der Waals surface area contributed by atoms with E-state index in [1.165, 1.54) is 11.4 Å². The summed E-state index contributed by atoms with van der Waals surface area (Å²) >= 11 is 0. The van der Waals surface area contributed by atoms with Crippen molar-refractivity contribution >= 4 is 0 Å². The van der Waals surface area contributed by atoms with Crippen molar-refractivity contribution in [2.75, 3.05) is 32.7 Å². The SMILES string of the molecule is CCc1cc(CN2CCN(CC(C)(C)O)CC2)n(C)n1. The summed E-state index contributed by atoms with van der Waals surface area (Å²) in [5.74, 6) is 0. The first-order chi connectivity index (χ1) is 9.37. The average molecular weight is 280 g/mol. The smallest absolute Gasteiger partial charge is 0.0718 e. The lowest BCUT2D eigenvalue weighted by molar-refractivity contribution is 0.0164. The Morgan fingerprint density at radius 3 is 2.30 bits per heavy atom. The molecule has 1 saturated heterocycles. The molecule has 1 aliphatic heterocycles. The monoisotopic (exact) mass is 280 g/mol. The number of piperazine rings is 1. The minimum Gasteiger partial charge on any atom is -0.389 e. The molecular weight excluding hydrogens is 252 g/mol. The summed E-state index contributed by atoms with van der Waals surface area (Å²) in [4.78, 5) is 4.81. The molecule has 1 N–H and O–H groups in total. The summed E-state index contributed by atoms with van der Waals surface area (Å²) in [6.45, 7) is 11.8. The van der Waals surface area contributed by atoms with Crippen molar-refractivity contribution in [3.8, 4) is 0 Å². The van der Waals surface area contributed by atoms with Crippen LogP contribution in [-0.4, -0.2) is 63.0 Å². The molecule has 0 spiro atoms. The molecule has 0 radical (unpaired) electrons. The molecule has 1 fully saturated rings. The number of hydrogen-bond donors (Lipinski definition) is 1. The van der Waals surface area contributed by atoms with Gasteiger partial charge in [0.2, 0.25) is 0 Å². The van der Waals surface area contributed by atoms with E-state index < -0.39 is 5.60 Å². The predicted molar refractivity (Wildman–Crippen MR) is 80.6 cm³/mol. The number of nitrogens with zero attached hydrogens (tertiary/aromatic N) is 4. The first kappa shape index (κ1) is 15.5. The van der Waals surface area contributed by atoms with Gasteiger partial charge < -0.3 is 5.11 Å². The molecule has 0 aromatic carbocycles. The van der Waals surface area contributed by atoms with Crippen molar-refractivity contribution in [2.45, 2.75) is 39.3 Å². The molecule has 0 bridgehead atoms. The van der Waals surface area contributed by atoms with E-state index in [1.54, 1.807) is 0 Å². The molecule has 2 heterocycles. The van der Waals surface area contributed by atoms with Gasteiger partial charge in [0.15, 0.2) is 0 Å². The van der Waals surface area contributed by atoms with Gasteiger partial charge >= 0.3 is 0 Å². The van der Waals surface area contributed by atoms with E-state index in [0.29, 0.717) is 0 Å². The van der Waals surface area contributed by atoms with Crippen LogP contribution in [-0.2, 0) is 20.0 Å². The number of aryl methyl sites for hydroxylation is 2. The third kappa shape index (κ3) is 4.30. The normalized spacial score (nSPS) is 18.6. The van der Waals surface area contributed by atoms with Gasteiger partial charge in [0.05, 0.1) is 17.0 Å². The molecule has 0 aliphatic carbocycles. The maximum atomic E-state index is 9.87. The maximum Gasteiger partial charge on any atom is 0.0718 e. The second kappa shape index (κ2) is 6.24. The molecule has 1 aromatic rings. The van der Waals surface area contributed by atoms with Crippen LogP contribution in [0.4, 0.5) is 0 Å². The lowest BCUT2D eigenvalue weighted by Gasteiger charge is -2.37. The fourth-order valence-electron chi connectivity index (χ4n) is 2.77. The van der Waals surface area contributed by atoms with Crippen molar-refractivity contribution < 1.29 is 5.11 Å². The van der Waals surface area contributed by atoms with Crippen LogP contribution in [0.2, 0.25) is 0 Å². The van der Waals surface area contributed by atoms with Gasteiger partial charge in [-0.3, -0.25) is 14.5 Å². The number of hydrogen-bond acceptors (Lipinski definition) is 4. The molecule has 1 aromatic heterocycles. The predicted octanol–water partition coefficient (Wildman–Crippen LogP) is 0.871. The molecule has 0 saturated carbocycles. The zero-order chi connectivity index (χ0) is 14.8. The van der Waals surface area contributed by atoms with Gasteiger partial charge in [-0.25, -0.2) is 0 Å². The van der Waals surface area contributed by atoms with Gasteiger partial charge in [0, 0.05) is 46.3 Å². The fourth-order valence-corrected chi connectivity index (χ4v) is 2.77. The van der Waals surface area contributed by atoms with E-state index in [2.05, 4.69) is 27.9 Å².